The summed E-state index contributed by atoms with van der Waals surface area (Å²) in [5, 5.41) is 9.54. The molecule has 3 N–H and O–H groups in total. The molecule has 4 heteroatoms. The lowest BCUT2D eigenvalue weighted by Crippen LogP contribution is -2.43. The highest BCUT2D eigenvalue weighted by Gasteiger charge is 2.37. The molecule has 1 aliphatic carbocycles. The first kappa shape index (κ1) is 13.7. The van der Waals surface area contributed by atoms with Gasteiger partial charge in [0, 0.05) is 18.0 Å². The summed E-state index contributed by atoms with van der Waals surface area (Å²) < 4.78 is 11.9. The smallest absolute Gasteiger partial charge is 0.165 e. The third-order valence-corrected chi connectivity index (χ3v) is 4.11. The van der Waals surface area contributed by atoms with Gasteiger partial charge in [-0.05, 0) is 38.7 Å². The van der Waals surface area contributed by atoms with Gasteiger partial charge in [-0.3, -0.25) is 0 Å². The van der Waals surface area contributed by atoms with Gasteiger partial charge in [0.2, 0.25) is 0 Å². The van der Waals surface area contributed by atoms with Gasteiger partial charge in [-0.25, -0.2) is 0 Å². The molecule has 0 spiro atoms. The number of nitrogens with two attached hydrogens (primary N) is 1. The number of hydrogen-bond donors (Lipinski definition) is 2. The molecule has 0 saturated heterocycles. The third kappa shape index (κ3) is 2.63. The predicted molar refractivity (Wildman–Crippen MR) is 77.1 cm³/mol. The van der Waals surface area contributed by atoms with Crippen molar-refractivity contribution in [1.82, 2.24) is 0 Å². The maximum absolute atomic E-state index is 9.54. The number of aliphatic hydroxyl groups excluding tert-OH is 1. The fourth-order valence-electron chi connectivity index (χ4n) is 2.87. The number of rotatable bonds is 5. The molecule has 0 amide bonds. The minimum absolute atomic E-state index is 0.0648. The molecule has 110 valence electrons. The molecule has 2 aliphatic rings. The highest BCUT2D eigenvalue weighted by molar-refractivity contribution is 5.50. The monoisotopic (exact) mass is 277 g/mol. The maximum Gasteiger partial charge on any atom is 0.165 e. The Morgan fingerprint density at radius 3 is 2.85 bits per heavy atom. The average molecular weight is 277 g/mol. The van der Waals surface area contributed by atoms with Gasteiger partial charge in [-0.1, -0.05) is 12.1 Å². The van der Waals surface area contributed by atoms with Crippen molar-refractivity contribution in [1.29, 1.82) is 0 Å². The zero-order valence-electron chi connectivity index (χ0n) is 12.1. The molecule has 0 aromatic heterocycles. The van der Waals surface area contributed by atoms with Gasteiger partial charge < -0.3 is 20.3 Å². The lowest BCUT2D eigenvalue weighted by Gasteiger charge is -2.25. The van der Waals surface area contributed by atoms with E-state index < -0.39 is 0 Å². The van der Waals surface area contributed by atoms with E-state index in [1.807, 2.05) is 12.1 Å². The van der Waals surface area contributed by atoms with Crippen molar-refractivity contribution in [2.45, 2.75) is 50.9 Å². The summed E-state index contributed by atoms with van der Waals surface area (Å²) in [4.78, 5) is 0. The standard InChI is InChI=1S/C16H23NO3/c1-16(2)8-11-4-3-5-12(15(11)20-16)19-13(9-18)14(17)10-6-7-10/h3-5,10,13-14,18H,6-9,17H2,1-2H3. The highest BCUT2D eigenvalue weighted by atomic mass is 16.5. The number of ether oxygens (including phenoxy) is 2. The molecular formula is C16H23NO3. The zero-order valence-corrected chi connectivity index (χ0v) is 12.1. The number of para-hydroxylation sites is 1. The van der Waals surface area contributed by atoms with Crippen molar-refractivity contribution in [3.63, 3.8) is 0 Å². The number of aliphatic hydroxyl groups is 1. The molecule has 4 nitrogen and oxygen atoms in total. The van der Waals surface area contributed by atoms with Crippen molar-refractivity contribution >= 4 is 0 Å². The van der Waals surface area contributed by atoms with E-state index in [1.54, 1.807) is 0 Å². The summed E-state index contributed by atoms with van der Waals surface area (Å²) in [6, 6.07) is 5.81. The van der Waals surface area contributed by atoms with Gasteiger partial charge in [0.25, 0.3) is 0 Å². The number of fused-ring (bicyclic) bond motifs is 1. The molecule has 20 heavy (non-hydrogen) atoms. The molecule has 1 aromatic rings. The van der Waals surface area contributed by atoms with Crippen molar-refractivity contribution in [2.24, 2.45) is 11.7 Å². The predicted octanol–water partition coefficient (Wildman–Crippen LogP) is 1.88. The number of hydrogen-bond acceptors (Lipinski definition) is 4. The van der Waals surface area contributed by atoms with E-state index >= 15 is 0 Å². The van der Waals surface area contributed by atoms with E-state index in [4.69, 9.17) is 15.2 Å². The molecule has 1 fully saturated rings. The van der Waals surface area contributed by atoms with E-state index in [2.05, 4.69) is 19.9 Å². The molecule has 1 aromatic carbocycles. The fraction of sp³-hybridized carbons (Fsp3) is 0.625. The first-order valence-corrected chi connectivity index (χ1v) is 7.34. The summed E-state index contributed by atoms with van der Waals surface area (Å²) in [5.41, 5.74) is 7.11. The van der Waals surface area contributed by atoms with Crippen LogP contribution in [0.2, 0.25) is 0 Å². The fourth-order valence-corrected chi connectivity index (χ4v) is 2.87. The quantitative estimate of drug-likeness (QED) is 0.862. The van der Waals surface area contributed by atoms with E-state index in [1.165, 1.54) is 0 Å². The Labute approximate surface area is 119 Å². The average Bonchev–Trinajstić information content (AvgIpc) is 3.18. The summed E-state index contributed by atoms with van der Waals surface area (Å²) in [6.45, 7) is 4.07. The molecular weight excluding hydrogens is 254 g/mol. The minimum Gasteiger partial charge on any atom is -0.483 e. The van der Waals surface area contributed by atoms with Crippen LogP contribution in [0.15, 0.2) is 18.2 Å². The summed E-state index contributed by atoms with van der Waals surface area (Å²) >= 11 is 0. The molecule has 2 unspecified atom stereocenters. The summed E-state index contributed by atoms with van der Waals surface area (Å²) in [6.07, 6.45) is 2.79. The Morgan fingerprint density at radius 1 is 1.45 bits per heavy atom. The van der Waals surface area contributed by atoms with Crippen molar-refractivity contribution in [3.8, 4) is 11.5 Å². The van der Waals surface area contributed by atoms with E-state index in [9.17, 15) is 5.11 Å². The normalized spacial score (nSPS) is 22.8. The topological polar surface area (TPSA) is 64.7 Å². The van der Waals surface area contributed by atoms with Gasteiger partial charge in [0.05, 0.1) is 6.61 Å². The van der Waals surface area contributed by atoms with Crippen LogP contribution in [0.3, 0.4) is 0 Å². The van der Waals surface area contributed by atoms with Gasteiger partial charge in [0.15, 0.2) is 11.5 Å². The molecule has 0 radical (unpaired) electrons. The van der Waals surface area contributed by atoms with Gasteiger partial charge in [0.1, 0.15) is 11.7 Å². The van der Waals surface area contributed by atoms with E-state index in [-0.39, 0.29) is 24.4 Å². The highest BCUT2D eigenvalue weighted by Crippen LogP contribution is 2.42. The van der Waals surface area contributed by atoms with Crippen LogP contribution in [-0.2, 0) is 6.42 Å². The minimum atomic E-state index is -0.360. The molecule has 1 aliphatic heterocycles. The van der Waals surface area contributed by atoms with Crippen LogP contribution in [0.25, 0.3) is 0 Å². The van der Waals surface area contributed by atoms with Crippen LogP contribution in [0.1, 0.15) is 32.3 Å². The Balaban J connectivity index is 1.79. The Kier molecular flexibility index (Phi) is 3.38. The van der Waals surface area contributed by atoms with E-state index in [0.717, 1.165) is 30.6 Å². The molecule has 3 rings (SSSR count). The Morgan fingerprint density at radius 2 is 2.20 bits per heavy atom. The van der Waals surface area contributed by atoms with Crippen molar-refractivity contribution in [2.75, 3.05) is 6.61 Å². The molecule has 0 bridgehead atoms. The first-order chi connectivity index (χ1) is 9.50. The van der Waals surface area contributed by atoms with E-state index in [0.29, 0.717) is 11.7 Å². The molecule has 2 atom stereocenters. The number of benzene rings is 1. The van der Waals surface area contributed by atoms with Gasteiger partial charge >= 0.3 is 0 Å². The first-order valence-electron chi connectivity index (χ1n) is 7.34. The Hall–Kier alpha value is -1.26. The van der Waals surface area contributed by atoms with Crippen LogP contribution in [-0.4, -0.2) is 29.5 Å². The summed E-state index contributed by atoms with van der Waals surface area (Å²) in [7, 11) is 0. The van der Waals surface area contributed by atoms with Crippen LogP contribution >= 0.6 is 0 Å². The second-order valence-corrected chi connectivity index (χ2v) is 6.54. The third-order valence-electron chi connectivity index (χ3n) is 4.11. The largest absolute Gasteiger partial charge is 0.483 e. The van der Waals surface area contributed by atoms with Crippen LogP contribution in [0.5, 0.6) is 11.5 Å². The van der Waals surface area contributed by atoms with Crippen LogP contribution in [0.4, 0.5) is 0 Å². The van der Waals surface area contributed by atoms with Gasteiger partial charge in [-0.2, -0.15) is 0 Å². The SMILES string of the molecule is CC1(C)Cc2cccc(OC(CO)C(N)C3CC3)c2O1. The van der Waals surface area contributed by atoms with Crippen molar-refractivity contribution in [3.05, 3.63) is 23.8 Å². The lowest BCUT2D eigenvalue weighted by atomic mass is 10.0. The molecule has 1 heterocycles. The second kappa shape index (κ2) is 4.93. The van der Waals surface area contributed by atoms with Gasteiger partial charge in [-0.15, -0.1) is 0 Å². The van der Waals surface area contributed by atoms with Crippen LogP contribution < -0.4 is 15.2 Å². The molecule has 1 saturated carbocycles. The zero-order chi connectivity index (χ0) is 14.3. The maximum atomic E-state index is 9.54. The van der Waals surface area contributed by atoms with Crippen LogP contribution in [0, 0.1) is 5.92 Å². The Bertz CT molecular complexity index is 496. The second-order valence-electron chi connectivity index (χ2n) is 6.54. The summed E-state index contributed by atoms with van der Waals surface area (Å²) in [5.74, 6) is 1.99. The van der Waals surface area contributed by atoms with Crippen molar-refractivity contribution < 1.29 is 14.6 Å². The lowest BCUT2D eigenvalue weighted by molar-refractivity contribution is 0.0783.